The SMILES string of the molecule is COc1ccc(-n2ccc(C(=O)Nc3nc(CN4CC(C)OC(C)C4)cs3)n2)cc1. The lowest BCUT2D eigenvalue weighted by Gasteiger charge is -2.34. The van der Waals surface area contributed by atoms with E-state index < -0.39 is 0 Å². The number of nitrogens with one attached hydrogen (secondary N) is 1. The quantitative estimate of drug-likeness (QED) is 0.651. The summed E-state index contributed by atoms with van der Waals surface area (Å²) in [5.74, 6) is 0.487. The van der Waals surface area contributed by atoms with E-state index in [1.54, 1.807) is 24.1 Å². The average Bonchev–Trinajstić information content (AvgIpc) is 3.37. The van der Waals surface area contributed by atoms with E-state index in [1.807, 2.05) is 29.6 Å². The van der Waals surface area contributed by atoms with Crippen LogP contribution in [0.1, 0.15) is 30.0 Å². The van der Waals surface area contributed by atoms with Crippen LogP contribution in [0.2, 0.25) is 0 Å². The first kappa shape index (κ1) is 20.5. The van der Waals surface area contributed by atoms with Gasteiger partial charge in [0.15, 0.2) is 10.8 Å². The van der Waals surface area contributed by atoms with Crippen LogP contribution in [0.3, 0.4) is 0 Å². The molecule has 2 aromatic heterocycles. The number of carbonyl (C=O) groups excluding carboxylic acids is 1. The summed E-state index contributed by atoms with van der Waals surface area (Å²) in [6.45, 7) is 6.68. The molecule has 1 aliphatic heterocycles. The van der Waals surface area contributed by atoms with Gasteiger partial charge in [-0.05, 0) is 44.2 Å². The van der Waals surface area contributed by atoms with Gasteiger partial charge in [-0.25, -0.2) is 9.67 Å². The third-order valence-electron chi connectivity index (χ3n) is 4.81. The molecule has 4 rings (SSSR count). The maximum Gasteiger partial charge on any atom is 0.277 e. The lowest BCUT2D eigenvalue weighted by atomic mass is 10.2. The molecule has 8 nitrogen and oxygen atoms in total. The van der Waals surface area contributed by atoms with Crippen molar-refractivity contribution in [3.05, 3.63) is 53.3 Å². The van der Waals surface area contributed by atoms with Crippen molar-refractivity contribution in [2.45, 2.75) is 32.6 Å². The van der Waals surface area contributed by atoms with Crippen LogP contribution in [0, 0.1) is 0 Å². The largest absolute Gasteiger partial charge is 0.497 e. The number of anilines is 1. The van der Waals surface area contributed by atoms with Crippen molar-refractivity contribution in [2.75, 3.05) is 25.5 Å². The summed E-state index contributed by atoms with van der Waals surface area (Å²) in [5, 5.41) is 9.77. The maximum absolute atomic E-state index is 12.6. The monoisotopic (exact) mass is 427 g/mol. The third-order valence-corrected chi connectivity index (χ3v) is 5.62. The van der Waals surface area contributed by atoms with Crippen molar-refractivity contribution in [3.8, 4) is 11.4 Å². The second kappa shape index (κ2) is 8.95. The van der Waals surface area contributed by atoms with Gasteiger partial charge in [0, 0.05) is 31.2 Å². The molecule has 1 fully saturated rings. The highest BCUT2D eigenvalue weighted by Crippen LogP contribution is 2.20. The van der Waals surface area contributed by atoms with E-state index in [1.165, 1.54) is 11.3 Å². The number of rotatable bonds is 6. The zero-order valence-corrected chi connectivity index (χ0v) is 18.1. The predicted molar refractivity (Wildman–Crippen MR) is 115 cm³/mol. The van der Waals surface area contributed by atoms with Gasteiger partial charge in [-0.3, -0.25) is 15.0 Å². The molecule has 1 saturated heterocycles. The molecule has 30 heavy (non-hydrogen) atoms. The summed E-state index contributed by atoms with van der Waals surface area (Å²) in [6.07, 6.45) is 2.19. The summed E-state index contributed by atoms with van der Waals surface area (Å²) in [6, 6.07) is 9.15. The first-order valence-electron chi connectivity index (χ1n) is 9.84. The maximum atomic E-state index is 12.6. The fraction of sp³-hybridized carbons (Fsp3) is 0.381. The Morgan fingerprint density at radius 2 is 1.97 bits per heavy atom. The average molecular weight is 428 g/mol. The standard InChI is InChI=1S/C21H25N5O3S/c1-14-10-25(11-15(2)29-14)12-16-13-30-21(22-16)23-20(27)19-8-9-26(24-19)17-4-6-18(28-3)7-5-17/h4-9,13-15H,10-12H2,1-3H3,(H,22,23,27). The highest BCUT2D eigenvalue weighted by atomic mass is 32.1. The topological polar surface area (TPSA) is 81.5 Å². The Morgan fingerprint density at radius 1 is 1.23 bits per heavy atom. The number of thiazole rings is 1. The summed E-state index contributed by atoms with van der Waals surface area (Å²) in [5.41, 5.74) is 2.12. The zero-order chi connectivity index (χ0) is 21.1. The van der Waals surface area contributed by atoms with E-state index in [0.29, 0.717) is 10.8 Å². The minimum atomic E-state index is -0.281. The highest BCUT2D eigenvalue weighted by Gasteiger charge is 2.23. The summed E-state index contributed by atoms with van der Waals surface area (Å²) in [7, 11) is 1.62. The van der Waals surface area contributed by atoms with Gasteiger partial charge in [-0.1, -0.05) is 0 Å². The molecule has 0 aliphatic carbocycles. The van der Waals surface area contributed by atoms with Crippen molar-refractivity contribution in [1.82, 2.24) is 19.7 Å². The molecule has 2 atom stereocenters. The van der Waals surface area contributed by atoms with Gasteiger partial charge in [-0.15, -0.1) is 11.3 Å². The molecule has 1 N–H and O–H groups in total. The molecular weight excluding hydrogens is 402 g/mol. The number of methoxy groups -OCH3 is 1. The van der Waals surface area contributed by atoms with Gasteiger partial charge >= 0.3 is 0 Å². The highest BCUT2D eigenvalue weighted by molar-refractivity contribution is 7.13. The van der Waals surface area contributed by atoms with Crippen molar-refractivity contribution in [1.29, 1.82) is 0 Å². The number of nitrogens with zero attached hydrogens (tertiary/aromatic N) is 4. The van der Waals surface area contributed by atoms with Crippen LogP contribution >= 0.6 is 11.3 Å². The number of aromatic nitrogens is 3. The molecule has 3 aromatic rings. The van der Waals surface area contributed by atoms with Crippen molar-refractivity contribution in [3.63, 3.8) is 0 Å². The van der Waals surface area contributed by atoms with Gasteiger partial charge < -0.3 is 9.47 Å². The molecule has 158 valence electrons. The number of morpholine rings is 1. The Bertz CT molecular complexity index is 990. The number of carbonyl (C=O) groups is 1. The molecule has 0 saturated carbocycles. The Morgan fingerprint density at radius 3 is 2.67 bits per heavy atom. The third kappa shape index (κ3) is 4.86. The molecule has 0 radical (unpaired) electrons. The molecule has 3 heterocycles. The lowest BCUT2D eigenvalue weighted by molar-refractivity contribution is -0.0707. The Balaban J connectivity index is 1.37. The van der Waals surface area contributed by atoms with E-state index in [-0.39, 0.29) is 18.1 Å². The van der Waals surface area contributed by atoms with E-state index in [9.17, 15) is 4.79 Å². The molecule has 1 aliphatic rings. The van der Waals surface area contributed by atoms with Crippen LogP contribution in [0.25, 0.3) is 5.69 Å². The van der Waals surface area contributed by atoms with Crippen LogP contribution in [0.15, 0.2) is 41.9 Å². The number of ether oxygens (including phenoxy) is 2. The Labute approximate surface area is 179 Å². The van der Waals surface area contributed by atoms with E-state index in [2.05, 4.69) is 34.1 Å². The molecule has 0 bridgehead atoms. The van der Waals surface area contributed by atoms with Gasteiger partial charge in [0.2, 0.25) is 0 Å². The Kier molecular flexibility index (Phi) is 6.12. The first-order valence-corrected chi connectivity index (χ1v) is 10.7. The van der Waals surface area contributed by atoms with Gasteiger partial charge in [0.05, 0.1) is 30.7 Å². The number of hydrogen-bond donors (Lipinski definition) is 1. The smallest absolute Gasteiger partial charge is 0.277 e. The molecule has 0 spiro atoms. The van der Waals surface area contributed by atoms with Crippen LogP contribution in [0.5, 0.6) is 5.75 Å². The number of benzene rings is 1. The van der Waals surface area contributed by atoms with Crippen LogP contribution in [-0.2, 0) is 11.3 Å². The van der Waals surface area contributed by atoms with Crippen LogP contribution in [-0.4, -0.2) is 58.0 Å². The predicted octanol–water partition coefficient (Wildman–Crippen LogP) is 3.20. The van der Waals surface area contributed by atoms with E-state index >= 15 is 0 Å². The van der Waals surface area contributed by atoms with Gasteiger partial charge in [-0.2, -0.15) is 5.10 Å². The van der Waals surface area contributed by atoms with Gasteiger partial charge in [0.25, 0.3) is 5.91 Å². The summed E-state index contributed by atoms with van der Waals surface area (Å²) < 4.78 is 12.6. The molecule has 1 amide bonds. The Hall–Kier alpha value is -2.75. The second-order valence-corrected chi connectivity index (χ2v) is 8.25. The lowest BCUT2D eigenvalue weighted by Crippen LogP contribution is -2.44. The first-order chi connectivity index (χ1) is 14.5. The van der Waals surface area contributed by atoms with Crippen LogP contribution < -0.4 is 10.1 Å². The summed E-state index contributed by atoms with van der Waals surface area (Å²) in [4.78, 5) is 19.5. The van der Waals surface area contributed by atoms with E-state index in [4.69, 9.17) is 9.47 Å². The second-order valence-electron chi connectivity index (χ2n) is 7.39. The van der Waals surface area contributed by atoms with Gasteiger partial charge in [0.1, 0.15) is 5.75 Å². The molecule has 1 aromatic carbocycles. The fourth-order valence-corrected chi connectivity index (χ4v) is 4.26. The summed E-state index contributed by atoms with van der Waals surface area (Å²) >= 11 is 1.42. The number of hydrogen-bond acceptors (Lipinski definition) is 7. The fourth-order valence-electron chi connectivity index (χ4n) is 3.56. The molecule has 2 unspecified atom stereocenters. The van der Waals surface area contributed by atoms with Crippen molar-refractivity contribution in [2.24, 2.45) is 0 Å². The molecule has 9 heteroatoms. The van der Waals surface area contributed by atoms with Crippen molar-refractivity contribution < 1.29 is 14.3 Å². The normalized spacial score (nSPS) is 19.6. The number of amides is 1. The van der Waals surface area contributed by atoms with E-state index in [0.717, 1.165) is 36.8 Å². The van der Waals surface area contributed by atoms with Crippen LogP contribution in [0.4, 0.5) is 5.13 Å². The minimum absolute atomic E-state index is 0.215. The molecular formula is C21H25N5O3S. The minimum Gasteiger partial charge on any atom is -0.497 e. The van der Waals surface area contributed by atoms with Crippen molar-refractivity contribution >= 4 is 22.4 Å². The zero-order valence-electron chi connectivity index (χ0n) is 17.2.